The smallest absolute Gasteiger partial charge is 0.143 e. The fourth-order valence-electron chi connectivity index (χ4n) is 8.05. The van der Waals surface area contributed by atoms with Crippen molar-refractivity contribution in [2.24, 2.45) is 0 Å². The van der Waals surface area contributed by atoms with Gasteiger partial charge in [0.1, 0.15) is 22.3 Å². The summed E-state index contributed by atoms with van der Waals surface area (Å²) >= 11 is 0. The first-order valence-electron chi connectivity index (χ1n) is 18.0. The van der Waals surface area contributed by atoms with Gasteiger partial charge in [-0.05, 0) is 105 Å². The third-order valence-electron chi connectivity index (χ3n) is 10.6. The van der Waals surface area contributed by atoms with Gasteiger partial charge in [-0.1, -0.05) is 121 Å². The fourth-order valence-corrected chi connectivity index (χ4v) is 8.05. The van der Waals surface area contributed by atoms with Crippen LogP contribution in [0.3, 0.4) is 0 Å². The van der Waals surface area contributed by atoms with Gasteiger partial charge in [-0.25, -0.2) is 0 Å². The van der Waals surface area contributed by atoms with E-state index in [-0.39, 0.29) is 0 Å². The quantitative estimate of drug-likeness (QED) is 0.182. The molecule has 0 aliphatic heterocycles. The molecule has 11 aromatic rings. The number of anilines is 3. The zero-order valence-electron chi connectivity index (χ0n) is 28.7. The number of hydrogen-bond acceptors (Lipinski definition) is 3. The normalized spacial score (nSPS) is 11.8. The molecule has 3 heteroatoms. The largest absolute Gasteiger partial charge is 0.456 e. The summed E-state index contributed by atoms with van der Waals surface area (Å²) in [5, 5.41) is 9.20. The molecule has 0 aliphatic rings. The van der Waals surface area contributed by atoms with Gasteiger partial charge in [0.2, 0.25) is 0 Å². The summed E-state index contributed by atoms with van der Waals surface area (Å²) in [5.41, 5.74) is 11.3. The topological polar surface area (TPSA) is 29.5 Å². The second kappa shape index (κ2) is 11.7. The maximum atomic E-state index is 6.66. The van der Waals surface area contributed by atoms with Crippen LogP contribution in [-0.2, 0) is 0 Å². The number of fused-ring (bicyclic) bond motifs is 9. The molecule has 9 aromatic carbocycles. The van der Waals surface area contributed by atoms with Gasteiger partial charge in [0.05, 0.1) is 11.1 Å². The number of nitrogens with zero attached hydrogens (tertiary/aromatic N) is 1. The van der Waals surface area contributed by atoms with Gasteiger partial charge in [0.15, 0.2) is 0 Å². The molecule has 2 aromatic heterocycles. The first-order chi connectivity index (χ1) is 26.2. The zero-order valence-corrected chi connectivity index (χ0v) is 28.7. The molecule has 0 unspecified atom stereocenters. The van der Waals surface area contributed by atoms with Crippen molar-refractivity contribution in [1.29, 1.82) is 0 Å². The number of benzene rings is 9. The van der Waals surface area contributed by atoms with Crippen molar-refractivity contribution in [1.82, 2.24) is 0 Å². The SMILES string of the molecule is c1cc(-c2ccc3ccccc3c2)cc(N(c2ccc(-c3ccc4c(c3)oc3ccccc34)cc2)c2cccc3oc4c5ccccc5ccc4c23)c1. The summed E-state index contributed by atoms with van der Waals surface area (Å²) in [7, 11) is 0. The Hall–Kier alpha value is -7.10. The van der Waals surface area contributed by atoms with Gasteiger partial charge in [0.25, 0.3) is 0 Å². The number of para-hydroxylation sites is 1. The standard InChI is InChI=1S/C50H31NO2/c1-2-11-35-29-37(20-19-32(35)9-1)36-12-7-13-40(30-36)51(45-16-8-18-47-49(45)44-28-23-34-10-3-4-14-41(34)50(44)53-47)39-25-21-33(22-26-39)38-24-27-43-42-15-5-6-17-46(42)52-48(43)31-38/h1-31H. The van der Waals surface area contributed by atoms with E-state index in [0.717, 1.165) is 88.4 Å². The molecule has 0 aliphatic carbocycles. The average molecular weight is 678 g/mol. The fraction of sp³-hybridized carbons (Fsp3) is 0. The maximum absolute atomic E-state index is 6.66. The minimum atomic E-state index is 0.861. The maximum Gasteiger partial charge on any atom is 0.143 e. The van der Waals surface area contributed by atoms with Gasteiger partial charge in [-0.3, -0.25) is 0 Å². The summed E-state index contributed by atoms with van der Waals surface area (Å²) in [6, 6.07) is 66.9. The number of rotatable bonds is 5. The molecule has 0 amide bonds. The molecule has 0 fully saturated rings. The van der Waals surface area contributed by atoms with Crippen molar-refractivity contribution in [3.63, 3.8) is 0 Å². The van der Waals surface area contributed by atoms with Gasteiger partial charge >= 0.3 is 0 Å². The molecular weight excluding hydrogens is 647 g/mol. The van der Waals surface area contributed by atoms with E-state index in [1.165, 1.54) is 16.3 Å². The van der Waals surface area contributed by atoms with E-state index in [2.05, 4.69) is 181 Å². The van der Waals surface area contributed by atoms with E-state index >= 15 is 0 Å². The molecular formula is C50H31NO2. The van der Waals surface area contributed by atoms with Crippen LogP contribution in [0.25, 0.3) is 87.7 Å². The summed E-state index contributed by atoms with van der Waals surface area (Å²) in [6.45, 7) is 0. The first-order valence-corrected chi connectivity index (χ1v) is 18.0. The Kier molecular flexibility index (Phi) is 6.55. The third-order valence-corrected chi connectivity index (χ3v) is 10.6. The van der Waals surface area contributed by atoms with Crippen LogP contribution >= 0.6 is 0 Å². The van der Waals surface area contributed by atoms with Crippen molar-refractivity contribution >= 4 is 82.5 Å². The van der Waals surface area contributed by atoms with Gasteiger partial charge < -0.3 is 13.7 Å². The van der Waals surface area contributed by atoms with Crippen LogP contribution in [0.1, 0.15) is 0 Å². The lowest BCUT2D eigenvalue weighted by atomic mass is 9.99. The predicted molar refractivity (Wildman–Crippen MR) is 222 cm³/mol. The molecule has 0 spiro atoms. The summed E-state index contributed by atoms with van der Waals surface area (Å²) < 4.78 is 12.9. The molecule has 0 bridgehead atoms. The van der Waals surface area contributed by atoms with Crippen LogP contribution in [-0.4, -0.2) is 0 Å². The summed E-state index contributed by atoms with van der Waals surface area (Å²) in [6.07, 6.45) is 0. The van der Waals surface area contributed by atoms with Crippen LogP contribution in [0.15, 0.2) is 197 Å². The second-order valence-corrected chi connectivity index (χ2v) is 13.7. The monoisotopic (exact) mass is 677 g/mol. The van der Waals surface area contributed by atoms with Crippen LogP contribution in [0.5, 0.6) is 0 Å². The van der Waals surface area contributed by atoms with E-state index in [9.17, 15) is 0 Å². The van der Waals surface area contributed by atoms with Crippen molar-refractivity contribution in [2.45, 2.75) is 0 Å². The molecule has 0 saturated carbocycles. The van der Waals surface area contributed by atoms with Crippen molar-refractivity contribution in [2.75, 3.05) is 4.90 Å². The van der Waals surface area contributed by atoms with Crippen LogP contribution < -0.4 is 4.90 Å². The Morgan fingerprint density at radius 2 is 0.962 bits per heavy atom. The lowest BCUT2D eigenvalue weighted by Crippen LogP contribution is -2.10. The zero-order chi connectivity index (χ0) is 34.9. The summed E-state index contributed by atoms with van der Waals surface area (Å²) in [5.74, 6) is 0. The lowest BCUT2D eigenvalue weighted by Gasteiger charge is -2.27. The minimum Gasteiger partial charge on any atom is -0.456 e. The highest BCUT2D eigenvalue weighted by atomic mass is 16.3. The van der Waals surface area contributed by atoms with Crippen molar-refractivity contribution < 1.29 is 8.83 Å². The number of hydrogen-bond donors (Lipinski definition) is 0. The Bertz CT molecular complexity index is 3180. The minimum absolute atomic E-state index is 0.861. The molecule has 2 heterocycles. The Balaban J connectivity index is 1.09. The molecule has 0 radical (unpaired) electrons. The highest BCUT2D eigenvalue weighted by molar-refractivity contribution is 6.19. The van der Waals surface area contributed by atoms with E-state index in [0.29, 0.717) is 0 Å². The summed E-state index contributed by atoms with van der Waals surface area (Å²) in [4.78, 5) is 2.36. The van der Waals surface area contributed by atoms with Crippen molar-refractivity contribution in [3.05, 3.63) is 188 Å². The van der Waals surface area contributed by atoms with E-state index in [1.807, 2.05) is 12.1 Å². The first kappa shape index (κ1) is 29.6. The molecule has 0 N–H and O–H groups in total. The number of furan rings is 2. The van der Waals surface area contributed by atoms with E-state index in [1.54, 1.807) is 0 Å². The van der Waals surface area contributed by atoms with Gasteiger partial charge in [-0.15, -0.1) is 0 Å². The predicted octanol–water partition coefficient (Wildman–Crippen LogP) is 14.6. The molecule has 0 atom stereocenters. The molecule has 0 saturated heterocycles. The third kappa shape index (κ3) is 4.82. The van der Waals surface area contributed by atoms with Gasteiger partial charge in [0, 0.05) is 32.9 Å². The molecule has 11 rings (SSSR count). The lowest BCUT2D eigenvalue weighted by molar-refractivity contribution is 0.669. The van der Waals surface area contributed by atoms with Gasteiger partial charge in [-0.2, -0.15) is 0 Å². The highest BCUT2D eigenvalue weighted by Crippen LogP contribution is 2.45. The second-order valence-electron chi connectivity index (χ2n) is 13.7. The highest BCUT2D eigenvalue weighted by Gasteiger charge is 2.21. The average Bonchev–Trinajstić information content (AvgIpc) is 3.80. The van der Waals surface area contributed by atoms with Crippen LogP contribution in [0, 0.1) is 0 Å². The Morgan fingerprint density at radius 1 is 0.321 bits per heavy atom. The Morgan fingerprint density at radius 3 is 1.87 bits per heavy atom. The van der Waals surface area contributed by atoms with E-state index < -0.39 is 0 Å². The van der Waals surface area contributed by atoms with Crippen LogP contribution in [0.2, 0.25) is 0 Å². The van der Waals surface area contributed by atoms with E-state index in [4.69, 9.17) is 8.83 Å². The van der Waals surface area contributed by atoms with Crippen molar-refractivity contribution in [3.8, 4) is 22.3 Å². The van der Waals surface area contributed by atoms with Crippen LogP contribution in [0.4, 0.5) is 17.1 Å². The molecule has 3 nitrogen and oxygen atoms in total. The Labute approximate surface area is 305 Å². The molecule has 53 heavy (non-hydrogen) atoms. The molecule has 248 valence electrons.